The summed E-state index contributed by atoms with van der Waals surface area (Å²) in [7, 11) is -2.49. The molecule has 0 aliphatic carbocycles. The molecule has 2 aliphatic rings. The Bertz CT molecular complexity index is 1820. The van der Waals surface area contributed by atoms with Crippen LogP contribution in [0, 0.1) is 0 Å². The molecule has 10 heteroatoms. The molecule has 4 aromatic rings. The summed E-state index contributed by atoms with van der Waals surface area (Å²) < 4.78 is 50.8. The Morgan fingerprint density at radius 2 is 1.26 bits per heavy atom. The van der Waals surface area contributed by atoms with Crippen LogP contribution in [0.1, 0.15) is 90.8 Å². The van der Waals surface area contributed by atoms with Crippen molar-refractivity contribution >= 4 is 27.7 Å². The number of hydrogen-bond acceptors (Lipinski definition) is 8. The van der Waals surface area contributed by atoms with Crippen LogP contribution in [0.15, 0.2) is 121 Å². The van der Waals surface area contributed by atoms with E-state index in [9.17, 15) is 5.11 Å². The molecule has 338 valence electrons. The van der Waals surface area contributed by atoms with E-state index in [1.54, 1.807) is 0 Å². The van der Waals surface area contributed by atoms with E-state index in [0.29, 0.717) is 62.5 Å². The summed E-state index contributed by atoms with van der Waals surface area (Å²) >= 11 is -0.0969. The van der Waals surface area contributed by atoms with E-state index in [2.05, 4.69) is 139 Å². The summed E-state index contributed by atoms with van der Waals surface area (Å²) in [5.41, 5.74) is 3.42. The number of rotatable bonds is 23. The predicted molar refractivity (Wildman–Crippen MR) is 251 cm³/mol. The monoisotopic (exact) mass is 932 g/mol. The molecule has 0 amide bonds. The molecule has 2 aliphatic heterocycles. The Hall–Kier alpha value is -2.70. The molecule has 0 spiro atoms. The Morgan fingerprint density at radius 3 is 1.82 bits per heavy atom. The van der Waals surface area contributed by atoms with Gasteiger partial charge in [-0.15, -0.1) is 0 Å². The van der Waals surface area contributed by atoms with Crippen molar-refractivity contribution in [3.63, 3.8) is 0 Å². The van der Waals surface area contributed by atoms with Gasteiger partial charge in [-0.25, -0.2) is 0 Å². The first kappa shape index (κ1) is 48.7. The van der Waals surface area contributed by atoms with Crippen LogP contribution in [0.25, 0.3) is 0 Å². The van der Waals surface area contributed by atoms with Gasteiger partial charge in [-0.05, 0) is 0 Å². The second-order valence-corrected chi connectivity index (χ2v) is 26.1. The van der Waals surface area contributed by atoms with E-state index < -0.39 is 26.1 Å². The summed E-state index contributed by atoms with van der Waals surface area (Å²) in [5.74, 6) is 0. The molecule has 8 nitrogen and oxygen atoms in total. The maximum atomic E-state index is 10.4. The first-order chi connectivity index (χ1) is 30.0. The van der Waals surface area contributed by atoms with Gasteiger partial charge >= 0.3 is 369 Å². The first-order valence-electron chi connectivity index (χ1n) is 22.9. The van der Waals surface area contributed by atoms with Gasteiger partial charge in [0.2, 0.25) is 0 Å². The number of ether oxygens (including phenoxy) is 6. The molecule has 4 aromatic carbocycles. The number of hydrogen-bond donors (Lipinski definition) is 1. The summed E-state index contributed by atoms with van der Waals surface area (Å²) in [6, 6.07) is 41.7. The Morgan fingerprint density at radius 1 is 0.710 bits per heavy atom. The summed E-state index contributed by atoms with van der Waals surface area (Å²) in [4.78, 5) is 0. The second-order valence-electron chi connectivity index (χ2n) is 18.1. The van der Waals surface area contributed by atoms with Gasteiger partial charge in [-0.3, -0.25) is 0 Å². The van der Waals surface area contributed by atoms with Crippen molar-refractivity contribution in [1.82, 2.24) is 0 Å². The average molecular weight is 932 g/mol. The summed E-state index contributed by atoms with van der Waals surface area (Å²) in [6.07, 6.45) is 0.757. The fourth-order valence-corrected chi connectivity index (χ4v) is 17.6. The van der Waals surface area contributed by atoms with Crippen LogP contribution in [-0.4, -0.2) is 95.4 Å². The second kappa shape index (κ2) is 24.0. The van der Waals surface area contributed by atoms with Gasteiger partial charge in [0.15, 0.2) is 0 Å². The molecular formula is C52H72O8SeSi. The van der Waals surface area contributed by atoms with Crippen LogP contribution in [0.2, 0.25) is 16.6 Å². The van der Waals surface area contributed by atoms with E-state index in [-0.39, 0.29) is 51.0 Å². The van der Waals surface area contributed by atoms with Crippen LogP contribution in [0.3, 0.4) is 0 Å². The standard InChI is InChI=1S/C52H72O8SeSi/c1-38(2)62(39(3)4,40(5)6)60-50-31-46(56-35-42-23-14-9-15-24-42)48(37-54-34-41-21-12-8-13-22-41)59-52(50,7)49(57-36-43-25-16-10-17-26-43)32-51(61-44-27-18-11-19-28-44)58-45-29-20-30-55-47(45)33-53/h8-19,21-28,38-40,45-51,53H,20,29-37H2,1-7H3/t45-,46-,47+,48+,49+,50+,51-,52-/m0/s1. The van der Waals surface area contributed by atoms with Gasteiger partial charge in [0, 0.05) is 0 Å². The van der Waals surface area contributed by atoms with Crippen molar-refractivity contribution in [1.29, 1.82) is 0 Å². The van der Waals surface area contributed by atoms with Gasteiger partial charge in [-0.2, -0.15) is 0 Å². The predicted octanol–water partition coefficient (Wildman–Crippen LogP) is 9.78. The molecule has 62 heavy (non-hydrogen) atoms. The fraction of sp³-hybridized carbons (Fsp3) is 0.538. The zero-order chi connectivity index (χ0) is 44.0. The zero-order valence-electron chi connectivity index (χ0n) is 38.1. The molecular weight excluding hydrogens is 860 g/mol. The van der Waals surface area contributed by atoms with Crippen LogP contribution in [0.5, 0.6) is 0 Å². The van der Waals surface area contributed by atoms with Crippen LogP contribution < -0.4 is 4.46 Å². The van der Waals surface area contributed by atoms with Crippen molar-refractivity contribution in [2.45, 2.75) is 158 Å². The molecule has 2 heterocycles. The van der Waals surface area contributed by atoms with Gasteiger partial charge in [0.1, 0.15) is 0 Å². The molecule has 8 atom stereocenters. The third-order valence-corrected chi connectivity index (χ3v) is 21.3. The van der Waals surface area contributed by atoms with E-state index in [1.807, 2.05) is 30.3 Å². The van der Waals surface area contributed by atoms with Crippen molar-refractivity contribution < 1.29 is 38.0 Å². The number of benzene rings is 4. The summed E-state index contributed by atoms with van der Waals surface area (Å²) in [5, 5.41) is 10.2. The molecule has 0 saturated carbocycles. The molecule has 0 bridgehead atoms. The first-order valence-corrected chi connectivity index (χ1v) is 26.9. The zero-order valence-corrected chi connectivity index (χ0v) is 40.8. The molecule has 0 aromatic heterocycles. The number of aliphatic hydroxyl groups is 1. The minimum absolute atomic E-state index is 0.0816. The summed E-state index contributed by atoms with van der Waals surface area (Å²) in [6.45, 7) is 18.5. The number of aliphatic hydroxyl groups excluding tert-OH is 1. The SMILES string of the molecule is CC(C)[Si](O[C@@H]1C[C@H](OCc2ccccc2)[C@@H](COCc2ccccc2)O[C@@]1(C)[C@@H](C[C@@H](O[C@H]1CCCO[C@@H]1CO)[Se]c1ccccc1)OCc1ccccc1)(C(C)C)C(C)C. The van der Waals surface area contributed by atoms with Crippen molar-refractivity contribution in [3.05, 3.63) is 138 Å². The normalized spacial score (nSPS) is 24.4. The Kier molecular flexibility index (Phi) is 18.9. The topological polar surface area (TPSA) is 84.8 Å². The molecule has 0 unspecified atom stereocenters. The van der Waals surface area contributed by atoms with E-state index in [0.717, 1.165) is 29.5 Å². The van der Waals surface area contributed by atoms with Crippen LogP contribution >= 0.6 is 0 Å². The van der Waals surface area contributed by atoms with Gasteiger partial charge in [-0.1, -0.05) is 12.1 Å². The Balaban J connectivity index is 1.42. The van der Waals surface area contributed by atoms with Crippen molar-refractivity contribution in [2.75, 3.05) is 19.8 Å². The fourth-order valence-electron chi connectivity index (χ4n) is 9.67. The van der Waals surface area contributed by atoms with E-state index in [1.165, 1.54) is 4.46 Å². The molecule has 2 fully saturated rings. The molecule has 0 radical (unpaired) electrons. The Labute approximate surface area is 379 Å². The van der Waals surface area contributed by atoms with Gasteiger partial charge in [0.25, 0.3) is 0 Å². The maximum absolute atomic E-state index is 10.4. The van der Waals surface area contributed by atoms with Gasteiger partial charge < -0.3 is 0 Å². The molecule has 2 saturated heterocycles. The molecule has 6 rings (SSSR count). The third-order valence-electron chi connectivity index (χ3n) is 12.9. The third kappa shape index (κ3) is 13.0. The van der Waals surface area contributed by atoms with E-state index >= 15 is 0 Å². The minimum atomic E-state index is -2.49. The van der Waals surface area contributed by atoms with Gasteiger partial charge in [0.05, 0.1) is 0 Å². The van der Waals surface area contributed by atoms with Crippen molar-refractivity contribution in [2.24, 2.45) is 0 Å². The molecule has 1 N–H and O–H groups in total. The van der Waals surface area contributed by atoms with E-state index in [4.69, 9.17) is 32.8 Å². The van der Waals surface area contributed by atoms with Crippen molar-refractivity contribution in [3.8, 4) is 0 Å². The van der Waals surface area contributed by atoms with Crippen LogP contribution in [0.4, 0.5) is 0 Å². The quantitative estimate of drug-likeness (QED) is 0.0737. The van der Waals surface area contributed by atoms with Crippen LogP contribution in [-0.2, 0) is 52.7 Å². The average Bonchev–Trinajstić information content (AvgIpc) is 3.28.